The lowest BCUT2D eigenvalue weighted by Gasteiger charge is -2.06. The molecule has 0 atom stereocenters. The Balaban J connectivity index is 1.59. The number of rotatable bonds is 4. The van der Waals surface area contributed by atoms with E-state index >= 15 is 0 Å². The largest absolute Gasteiger partial charge is 0.291 e. The van der Waals surface area contributed by atoms with Gasteiger partial charge in [-0.05, 0) is 17.7 Å². The number of amides is 2. The molecular weight excluding hydrogens is 325 g/mol. The molecule has 0 fully saturated rings. The highest BCUT2D eigenvalue weighted by Gasteiger charge is 2.14. The van der Waals surface area contributed by atoms with Gasteiger partial charge in [0, 0.05) is 0 Å². The Morgan fingerprint density at radius 2 is 1.64 bits per heavy atom. The summed E-state index contributed by atoms with van der Waals surface area (Å²) in [6, 6.07) is 15.0. The van der Waals surface area contributed by atoms with E-state index in [1.54, 1.807) is 0 Å². The molecule has 126 valence electrons. The third-order valence-corrected chi connectivity index (χ3v) is 3.37. The Morgan fingerprint density at radius 3 is 2.40 bits per heavy atom. The summed E-state index contributed by atoms with van der Waals surface area (Å²) in [5, 5.41) is 7.62. The normalized spacial score (nSPS) is 10.3. The van der Waals surface area contributed by atoms with Crippen LogP contribution in [0, 0.1) is 5.82 Å². The number of hydrazine groups is 1. The fourth-order valence-electron chi connectivity index (χ4n) is 2.14. The fraction of sp³-hybridized carbons (Fsp3) is 0.0588. The molecule has 0 saturated carbocycles. The number of hydrogen-bond donors (Lipinski definition) is 2. The van der Waals surface area contributed by atoms with Crippen LogP contribution in [0.3, 0.4) is 0 Å². The van der Waals surface area contributed by atoms with E-state index in [-0.39, 0.29) is 11.3 Å². The minimum Gasteiger partial charge on any atom is -0.267 e. The molecule has 8 heteroatoms. The molecule has 2 aromatic carbocycles. The molecule has 0 bridgehead atoms. The Kier molecular flexibility index (Phi) is 4.79. The number of aromatic nitrogens is 3. The molecule has 0 spiro atoms. The predicted octanol–water partition coefficient (Wildman–Crippen LogP) is 1.54. The maximum Gasteiger partial charge on any atom is 0.291 e. The summed E-state index contributed by atoms with van der Waals surface area (Å²) in [7, 11) is 0. The zero-order valence-electron chi connectivity index (χ0n) is 13.0. The first-order valence-corrected chi connectivity index (χ1v) is 7.43. The van der Waals surface area contributed by atoms with Gasteiger partial charge in [0.05, 0.1) is 18.3 Å². The van der Waals surface area contributed by atoms with Crippen molar-refractivity contribution in [3.63, 3.8) is 0 Å². The van der Waals surface area contributed by atoms with Crippen molar-refractivity contribution in [1.29, 1.82) is 0 Å². The number of hydrogen-bond acceptors (Lipinski definition) is 4. The highest BCUT2D eigenvalue weighted by Crippen LogP contribution is 2.05. The van der Waals surface area contributed by atoms with Crippen LogP contribution in [0.15, 0.2) is 60.8 Å². The highest BCUT2D eigenvalue weighted by molar-refractivity contribution is 5.98. The maximum absolute atomic E-state index is 13.5. The van der Waals surface area contributed by atoms with E-state index in [0.29, 0.717) is 6.54 Å². The number of nitrogens with one attached hydrogen (secondary N) is 2. The van der Waals surface area contributed by atoms with Gasteiger partial charge < -0.3 is 0 Å². The van der Waals surface area contributed by atoms with Gasteiger partial charge in [0.2, 0.25) is 0 Å². The lowest BCUT2D eigenvalue weighted by Crippen LogP contribution is -2.42. The van der Waals surface area contributed by atoms with Gasteiger partial charge in [-0.3, -0.25) is 20.4 Å². The number of benzene rings is 2. The third-order valence-electron chi connectivity index (χ3n) is 3.37. The zero-order valence-corrected chi connectivity index (χ0v) is 13.0. The van der Waals surface area contributed by atoms with E-state index in [0.717, 1.165) is 11.6 Å². The molecule has 1 aromatic heterocycles. The molecule has 0 aliphatic carbocycles. The van der Waals surface area contributed by atoms with Crippen molar-refractivity contribution >= 4 is 11.8 Å². The molecule has 0 saturated heterocycles. The highest BCUT2D eigenvalue weighted by atomic mass is 19.1. The second-order valence-electron chi connectivity index (χ2n) is 5.18. The van der Waals surface area contributed by atoms with Crippen LogP contribution < -0.4 is 10.9 Å². The average molecular weight is 339 g/mol. The van der Waals surface area contributed by atoms with Crippen LogP contribution in [-0.4, -0.2) is 26.8 Å². The van der Waals surface area contributed by atoms with Crippen molar-refractivity contribution in [2.45, 2.75) is 6.54 Å². The molecule has 7 nitrogen and oxygen atoms in total. The van der Waals surface area contributed by atoms with E-state index in [1.807, 2.05) is 30.3 Å². The summed E-state index contributed by atoms with van der Waals surface area (Å²) in [6.07, 6.45) is 1.46. The van der Waals surface area contributed by atoms with Crippen LogP contribution in [0.2, 0.25) is 0 Å². The summed E-state index contributed by atoms with van der Waals surface area (Å²) >= 11 is 0. The van der Waals surface area contributed by atoms with Crippen molar-refractivity contribution < 1.29 is 14.0 Å². The van der Waals surface area contributed by atoms with E-state index in [9.17, 15) is 14.0 Å². The van der Waals surface area contributed by atoms with Gasteiger partial charge in [-0.1, -0.05) is 47.7 Å². The predicted molar refractivity (Wildman–Crippen MR) is 86.9 cm³/mol. The Bertz CT molecular complexity index is 895. The second kappa shape index (κ2) is 7.35. The molecule has 1 heterocycles. The molecule has 0 aliphatic rings. The summed E-state index contributed by atoms with van der Waals surface area (Å²) in [5.41, 5.74) is 5.19. The van der Waals surface area contributed by atoms with Gasteiger partial charge in [-0.25, -0.2) is 9.07 Å². The first-order chi connectivity index (χ1) is 12.1. The summed E-state index contributed by atoms with van der Waals surface area (Å²) in [5.74, 6) is -2.09. The van der Waals surface area contributed by atoms with Crippen LogP contribution in [0.25, 0.3) is 0 Å². The molecule has 25 heavy (non-hydrogen) atoms. The SMILES string of the molecule is O=C(NNC(=O)c1ccccc1F)c1cn(Cc2ccccc2)nn1. The van der Waals surface area contributed by atoms with E-state index in [2.05, 4.69) is 21.2 Å². The van der Waals surface area contributed by atoms with E-state index < -0.39 is 17.6 Å². The minimum absolute atomic E-state index is 0.0322. The number of nitrogens with zero attached hydrogens (tertiary/aromatic N) is 3. The number of halogens is 1. The molecule has 2 N–H and O–H groups in total. The second-order valence-corrected chi connectivity index (χ2v) is 5.18. The lowest BCUT2D eigenvalue weighted by molar-refractivity contribution is 0.0841. The van der Waals surface area contributed by atoms with E-state index in [1.165, 1.54) is 29.1 Å². The van der Waals surface area contributed by atoms with Gasteiger partial charge in [-0.2, -0.15) is 0 Å². The first-order valence-electron chi connectivity index (χ1n) is 7.43. The van der Waals surface area contributed by atoms with E-state index in [4.69, 9.17) is 0 Å². The van der Waals surface area contributed by atoms with Crippen molar-refractivity contribution in [2.24, 2.45) is 0 Å². The molecule has 0 radical (unpaired) electrons. The fourth-order valence-corrected chi connectivity index (χ4v) is 2.14. The molecule has 3 rings (SSSR count). The molecule has 3 aromatic rings. The summed E-state index contributed by atoms with van der Waals surface area (Å²) in [4.78, 5) is 23.8. The van der Waals surface area contributed by atoms with Gasteiger partial charge in [0.15, 0.2) is 5.69 Å². The summed E-state index contributed by atoms with van der Waals surface area (Å²) < 4.78 is 15.0. The number of carbonyl (C=O) groups excluding carboxylic acids is 2. The third kappa shape index (κ3) is 4.05. The van der Waals surface area contributed by atoms with Crippen LogP contribution in [0.4, 0.5) is 4.39 Å². The smallest absolute Gasteiger partial charge is 0.267 e. The molecule has 2 amide bonds. The summed E-state index contributed by atoms with van der Waals surface area (Å²) in [6.45, 7) is 0.461. The standard InChI is InChI=1S/C17H14FN5O2/c18-14-9-5-4-8-13(14)16(24)20-21-17(25)15-11-23(22-19-15)10-12-6-2-1-3-7-12/h1-9,11H,10H2,(H,20,24)(H,21,25). The van der Waals surface area contributed by atoms with Crippen molar-refractivity contribution in [2.75, 3.05) is 0 Å². The minimum atomic E-state index is -0.761. The average Bonchev–Trinajstić information content (AvgIpc) is 3.09. The topological polar surface area (TPSA) is 88.9 Å². The monoisotopic (exact) mass is 339 g/mol. The molecule has 0 unspecified atom stereocenters. The lowest BCUT2D eigenvalue weighted by atomic mass is 10.2. The van der Waals surface area contributed by atoms with Gasteiger partial charge in [0.1, 0.15) is 5.82 Å². The quantitative estimate of drug-likeness (QED) is 0.706. The molecule has 0 aliphatic heterocycles. The Labute approximate surface area is 142 Å². The van der Waals surface area contributed by atoms with Crippen molar-refractivity contribution in [3.05, 3.63) is 83.4 Å². The van der Waals surface area contributed by atoms with Crippen LogP contribution in [0.5, 0.6) is 0 Å². The Hall–Kier alpha value is -3.55. The van der Waals surface area contributed by atoms with Gasteiger partial charge in [-0.15, -0.1) is 5.10 Å². The van der Waals surface area contributed by atoms with Gasteiger partial charge >= 0.3 is 0 Å². The number of carbonyl (C=O) groups is 2. The Morgan fingerprint density at radius 1 is 0.960 bits per heavy atom. The van der Waals surface area contributed by atoms with Crippen molar-refractivity contribution in [1.82, 2.24) is 25.8 Å². The van der Waals surface area contributed by atoms with Crippen molar-refractivity contribution in [3.8, 4) is 0 Å². The van der Waals surface area contributed by atoms with Crippen LogP contribution >= 0.6 is 0 Å². The van der Waals surface area contributed by atoms with Crippen LogP contribution in [-0.2, 0) is 6.54 Å². The molecular formula is C17H14FN5O2. The van der Waals surface area contributed by atoms with Gasteiger partial charge in [0.25, 0.3) is 11.8 Å². The maximum atomic E-state index is 13.5. The first kappa shape index (κ1) is 16.3. The van der Waals surface area contributed by atoms with Crippen LogP contribution in [0.1, 0.15) is 26.4 Å². The zero-order chi connectivity index (χ0) is 17.6.